The van der Waals surface area contributed by atoms with E-state index >= 15 is 0 Å². The monoisotopic (exact) mass is 335 g/mol. The minimum absolute atomic E-state index is 0.197. The lowest BCUT2D eigenvalue weighted by molar-refractivity contribution is 0.0986. The molecule has 0 fully saturated rings. The first kappa shape index (κ1) is 16.8. The van der Waals surface area contributed by atoms with Gasteiger partial charge in [0.1, 0.15) is 6.29 Å². The number of hydrogen-bond acceptors (Lipinski definition) is 5. The topological polar surface area (TPSA) is 83.8 Å². The van der Waals surface area contributed by atoms with E-state index in [-0.39, 0.29) is 11.6 Å². The molecule has 2 aromatic carbocycles. The second-order valence-corrected chi connectivity index (χ2v) is 6.04. The van der Waals surface area contributed by atoms with E-state index in [1.807, 2.05) is 6.07 Å². The molecule has 2 aromatic rings. The highest BCUT2D eigenvalue weighted by atomic mass is 16.4. The van der Waals surface area contributed by atoms with Gasteiger partial charge < -0.3 is 5.21 Å². The lowest BCUT2D eigenvalue weighted by Crippen LogP contribution is -1.91. The summed E-state index contributed by atoms with van der Waals surface area (Å²) in [5.74, 6) is 0.407. The zero-order chi connectivity index (χ0) is 17.8. The van der Waals surface area contributed by atoms with E-state index in [1.165, 1.54) is 6.21 Å². The average molecular weight is 335 g/mol. The minimum atomic E-state index is 0.197. The Morgan fingerprint density at radius 3 is 1.84 bits per heavy atom. The van der Waals surface area contributed by atoms with Crippen LogP contribution in [0.5, 0.6) is 0 Å². The fourth-order valence-corrected chi connectivity index (χ4v) is 3.17. The fourth-order valence-electron chi connectivity index (χ4n) is 3.17. The molecule has 2 aliphatic rings. The smallest absolute Gasteiger partial charge is 0.163 e. The van der Waals surface area contributed by atoms with Crippen molar-refractivity contribution in [1.82, 2.24) is 0 Å². The summed E-state index contributed by atoms with van der Waals surface area (Å²) >= 11 is 0. The van der Waals surface area contributed by atoms with Crippen LogP contribution in [0.15, 0.2) is 41.6 Å². The molecule has 0 aliphatic heterocycles. The third kappa shape index (κ3) is 3.55. The quantitative estimate of drug-likeness (QED) is 0.395. The predicted molar refractivity (Wildman–Crippen MR) is 93.0 cm³/mol. The Balaban J connectivity index is 0.000000146. The highest BCUT2D eigenvalue weighted by molar-refractivity contribution is 6.01. The summed E-state index contributed by atoms with van der Waals surface area (Å²) in [5, 5.41) is 11.3. The second-order valence-electron chi connectivity index (χ2n) is 6.04. The van der Waals surface area contributed by atoms with Crippen molar-refractivity contribution in [1.29, 1.82) is 0 Å². The Morgan fingerprint density at radius 2 is 1.32 bits per heavy atom. The maximum atomic E-state index is 11.3. The van der Waals surface area contributed by atoms with Crippen LogP contribution in [0.2, 0.25) is 0 Å². The summed E-state index contributed by atoms with van der Waals surface area (Å²) in [6.07, 6.45) is 4.97. The number of oxime groups is 1. The fraction of sp³-hybridized carbons (Fsp3) is 0.200. The Hall–Kier alpha value is -3.08. The van der Waals surface area contributed by atoms with Crippen LogP contribution >= 0.6 is 0 Å². The molecular formula is C20H17NO4. The summed E-state index contributed by atoms with van der Waals surface area (Å²) in [4.78, 5) is 32.8. The average Bonchev–Trinajstić information content (AvgIpc) is 3.18. The van der Waals surface area contributed by atoms with Crippen LogP contribution < -0.4 is 0 Å². The highest BCUT2D eigenvalue weighted by Crippen LogP contribution is 2.23. The maximum Gasteiger partial charge on any atom is 0.163 e. The first-order chi connectivity index (χ1) is 12.1. The summed E-state index contributed by atoms with van der Waals surface area (Å²) in [6.45, 7) is 0. The third-order valence-electron chi connectivity index (χ3n) is 4.45. The van der Waals surface area contributed by atoms with Crippen molar-refractivity contribution in [3.63, 3.8) is 0 Å². The summed E-state index contributed by atoms with van der Waals surface area (Å²) in [6, 6.07) is 10.7. The van der Waals surface area contributed by atoms with Crippen LogP contribution in [0.4, 0.5) is 0 Å². The molecule has 0 bridgehead atoms. The van der Waals surface area contributed by atoms with Crippen LogP contribution in [0.1, 0.15) is 60.6 Å². The number of rotatable bonds is 2. The molecule has 0 atom stereocenters. The Morgan fingerprint density at radius 1 is 0.800 bits per heavy atom. The lowest BCUT2D eigenvalue weighted by Gasteiger charge is -1.97. The molecule has 0 heterocycles. The van der Waals surface area contributed by atoms with Gasteiger partial charge in [0.2, 0.25) is 0 Å². The molecule has 4 rings (SSSR count). The molecule has 0 radical (unpaired) electrons. The van der Waals surface area contributed by atoms with Gasteiger partial charge in [0.15, 0.2) is 11.6 Å². The van der Waals surface area contributed by atoms with Crippen LogP contribution in [0.25, 0.3) is 0 Å². The number of benzene rings is 2. The number of ketones is 2. The van der Waals surface area contributed by atoms with Crippen molar-refractivity contribution < 1.29 is 19.6 Å². The highest BCUT2D eigenvalue weighted by Gasteiger charge is 2.19. The standard InChI is InChI=1S/C10H9NO2.C10H8O2/c12-10-4-2-8-5-7(6-11-13)1-3-9(8)10;11-6-7-1-3-9-8(5-7)2-4-10(9)12/h1,3,5-6,13H,2,4H2;1,3,5-6H,2,4H2/b11-6+;. The molecule has 0 aromatic heterocycles. The van der Waals surface area contributed by atoms with Crippen molar-refractivity contribution >= 4 is 24.1 Å². The van der Waals surface area contributed by atoms with E-state index < -0.39 is 0 Å². The molecule has 126 valence electrons. The van der Waals surface area contributed by atoms with Gasteiger partial charge in [-0.1, -0.05) is 29.4 Å². The first-order valence-electron chi connectivity index (χ1n) is 8.07. The number of aryl methyl sites for hydroxylation is 2. The van der Waals surface area contributed by atoms with E-state index in [0.717, 1.165) is 46.9 Å². The SMILES string of the molecule is O=C1CCc2cc(/C=N/O)ccc21.O=Cc1ccc2c(c1)CCC2=O. The van der Waals surface area contributed by atoms with Gasteiger partial charge in [0.25, 0.3) is 0 Å². The van der Waals surface area contributed by atoms with Gasteiger partial charge in [-0.15, -0.1) is 0 Å². The van der Waals surface area contributed by atoms with Crippen LogP contribution in [0.3, 0.4) is 0 Å². The first-order valence-corrected chi connectivity index (χ1v) is 8.07. The molecule has 2 aliphatic carbocycles. The number of nitrogens with zero attached hydrogens (tertiary/aromatic N) is 1. The third-order valence-corrected chi connectivity index (χ3v) is 4.45. The van der Waals surface area contributed by atoms with E-state index in [2.05, 4.69) is 5.16 Å². The van der Waals surface area contributed by atoms with Gasteiger partial charge in [-0.3, -0.25) is 14.4 Å². The van der Waals surface area contributed by atoms with E-state index in [1.54, 1.807) is 30.3 Å². The number of hydrogen-bond donors (Lipinski definition) is 1. The van der Waals surface area contributed by atoms with Crippen molar-refractivity contribution in [3.05, 3.63) is 69.8 Å². The van der Waals surface area contributed by atoms with Crippen molar-refractivity contribution in [3.8, 4) is 0 Å². The van der Waals surface area contributed by atoms with Crippen LogP contribution in [0, 0.1) is 0 Å². The Labute approximate surface area is 145 Å². The van der Waals surface area contributed by atoms with Gasteiger partial charge in [0.05, 0.1) is 6.21 Å². The molecule has 0 saturated heterocycles. The summed E-state index contributed by atoms with van der Waals surface area (Å²) in [5.41, 5.74) is 5.17. The lowest BCUT2D eigenvalue weighted by atomic mass is 10.1. The van der Waals surface area contributed by atoms with Crippen molar-refractivity contribution in [2.24, 2.45) is 5.16 Å². The molecule has 5 nitrogen and oxygen atoms in total. The molecule has 0 saturated carbocycles. The van der Waals surface area contributed by atoms with E-state index in [0.29, 0.717) is 18.4 Å². The van der Waals surface area contributed by atoms with Gasteiger partial charge in [-0.2, -0.15) is 0 Å². The molecule has 5 heteroatoms. The normalized spacial score (nSPS) is 14.9. The number of Topliss-reactive ketones (excluding diaryl/α,β-unsaturated/α-hetero) is 2. The molecule has 1 N–H and O–H groups in total. The molecule has 0 unspecified atom stereocenters. The molecule has 25 heavy (non-hydrogen) atoms. The van der Waals surface area contributed by atoms with E-state index in [4.69, 9.17) is 5.21 Å². The maximum absolute atomic E-state index is 11.3. The summed E-state index contributed by atoms with van der Waals surface area (Å²) < 4.78 is 0. The molecule has 0 spiro atoms. The van der Waals surface area contributed by atoms with Gasteiger partial charge in [-0.05, 0) is 41.7 Å². The zero-order valence-electron chi connectivity index (χ0n) is 13.6. The number of carbonyl (C=O) groups is 3. The predicted octanol–water partition coefficient (Wildman–Crippen LogP) is 3.25. The molecule has 0 amide bonds. The number of aldehydes is 1. The van der Waals surface area contributed by atoms with E-state index in [9.17, 15) is 14.4 Å². The molecular weight excluding hydrogens is 318 g/mol. The van der Waals surface area contributed by atoms with Crippen LogP contribution in [-0.4, -0.2) is 29.3 Å². The van der Waals surface area contributed by atoms with Gasteiger partial charge >= 0.3 is 0 Å². The van der Waals surface area contributed by atoms with Crippen molar-refractivity contribution in [2.75, 3.05) is 0 Å². The number of carbonyl (C=O) groups excluding carboxylic acids is 3. The van der Waals surface area contributed by atoms with Gasteiger partial charge in [-0.25, -0.2) is 0 Å². The minimum Gasteiger partial charge on any atom is -0.411 e. The Kier molecular flexibility index (Phi) is 4.84. The Bertz CT molecular complexity index is 883. The van der Waals surface area contributed by atoms with Crippen LogP contribution in [-0.2, 0) is 12.8 Å². The number of fused-ring (bicyclic) bond motifs is 2. The largest absolute Gasteiger partial charge is 0.411 e. The van der Waals surface area contributed by atoms with Crippen molar-refractivity contribution in [2.45, 2.75) is 25.7 Å². The zero-order valence-corrected chi connectivity index (χ0v) is 13.6. The summed E-state index contributed by atoms with van der Waals surface area (Å²) in [7, 11) is 0. The second kappa shape index (κ2) is 7.21. The van der Waals surface area contributed by atoms with Gasteiger partial charge in [0, 0.05) is 29.5 Å².